The van der Waals surface area contributed by atoms with Crippen molar-refractivity contribution < 1.29 is 4.79 Å². The van der Waals surface area contributed by atoms with Crippen LogP contribution in [-0.4, -0.2) is 39.0 Å². The van der Waals surface area contributed by atoms with E-state index in [1.807, 2.05) is 0 Å². The molecule has 7 heteroatoms. The Morgan fingerprint density at radius 2 is 2.12 bits per heavy atom. The van der Waals surface area contributed by atoms with Gasteiger partial charge in [0.05, 0.1) is 0 Å². The summed E-state index contributed by atoms with van der Waals surface area (Å²) in [6, 6.07) is 11.8. The van der Waals surface area contributed by atoms with E-state index >= 15 is 0 Å². The number of pyridine rings is 1. The molecule has 0 radical (unpaired) electrons. The minimum absolute atomic E-state index is 0.135. The molecule has 7 nitrogen and oxygen atoms in total. The lowest BCUT2D eigenvalue weighted by Gasteiger charge is -2.32. The van der Waals surface area contributed by atoms with Crippen LogP contribution >= 0.6 is 0 Å². The molecular formula is C19H22N6O. The van der Waals surface area contributed by atoms with Crippen LogP contribution in [0.1, 0.15) is 35.7 Å². The Kier molecular flexibility index (Phi) is 4.51. The summed E-state index contributed by atoms with van der Waals surface area (Å²) in [5.74, 6) is 0.616. The Labute approximate surface area is 152 Å². The fourth-order valence-corrected chi connectivity index (χ4v) is 3.41. The van der Waals surface area contributed by atoms with Crippen molar-refractivity contribution in [3.63, 3.8) is 0 Å². The van der Waals surface area contributed by atoms with Crippen LogP contribution in [0.15, 0.2) is 42.6 Å². The van der Waals surface area contributed by atoms with Crippen molar-refractivity contribution in [2.24, 2.45) is 5.92 Å². The van der Waals surface area contributed by atoms with Gasteiger partial charge in [0.15, 0.2) is 5.65 Å². The average molecular weight is 350 g/mol. The number of piperidine rings is 1. The standard InChI is InChI=1S/C19H22N6O/c1-14-3-2-9-24(13-14)17-6-4-15(5-7-17)12-20-19(26)16-8-10-25-18(11-16)21-22-23-25/h4-8,10-11,14H,2-3,9,12-13H2,1H3,(H,20,26)/t14-/m0/s1. The summed E-state index contributed by atoms with van der Waals surface area (Å²) in [5.41, 5.74) is 3.44. The van der Waals surface area contributed by atoms with Gasteiger partial charge in [0.1, 0.15) is 0 Å². The van der Waals surface area contributed by atoms with Crippen molar-refractivity contribution >= 4 is 17.2 Å². The zero-order chi connectivity index (χ0) is 17.9. The Morgan fingerprint density at radius 3 is 2.92 bits per heavy atom. The second-order valence-corrected chi connectivity index (χ2v) is 6.94. The maximum Gasteiger partial charge on any atom is 0.251 e. The van der Waals surface area contributed by atoms with Crippen LogP contribution in [0.5, 0.6) is 0 Å². The summed E-state index contributed by atoms with van der Waals surface area (Å²) >= 11 is 0. The van der Waals surface area contributed by atoms with Gasteiger partial charge in [-0.2, -0.15) is 0 Å². The third-order valence-corrected chi connectivity index (χ3v) is 4.87. The highest BCUT2D eigenvalue weighted by molar-refractivity contribution is 5.94. The first-order valence-corrected chi connectivity index (χ1v) is 8.99. The van der Waals surface area contributed by atoms with E-state index in [4.69, 9.17) is 0 Å². The number of tetrazole rings is 1. The number of nitrogens with one attached hydrogen (secondary N) is 1. The first-order chi connectivity index (χ1) is 12.7. The average Bonchev–Trinajstić information content (AvgIpc) is 3.14. The van der Waals surface area contributed by atoms with Crippen LogP contribution in [0.25, 0.3) is 5.65 Å². The van der Waals surface area contributed by atoms with Crippen LogP contribution in [-0.2, 0) is 6.54 Å². The van der Waals surface area contributed by atoms with E-state index in [2.05, 4.69) is 56.9 Å². The van der Waals surface area contributed by atoms with Crippen LogP contribution in [0.3, 0.4) is 0 Å². The summed E-state index contributed by atoms with van der Waals surface area (Å²) in [6.45, 7) is 5.05. The normalized spacial score (nSPS) is 17.4. The minimum atomic E-state index is -0.135. The summed E-state index contributed by atoms with van der Waals surface area (Å²) < 4.78 is 1.52. The molecule has 1 amide bonds. The Hall–Kier alpha value is -2.96. The van der Waals surface area contributed by atoms with Gasteiger partial charge in [-0.05, 0) is 59.0 Å². The van der Waals surface area contributed by atoms with E-state index in [-0.39, 0.29) is 5.91 Å². The summed E-state index contributed by atoms with van der Waals surface area (Å²) in [6.07, 6.45) is 4.25. The number of nitrogens with zero attached hydrogens (tertiary/aromatic N) is 5. The van der Waals surface area contributed by atoms with Crippen LogP contribution in [0.2, 0.25) is 0 Å². The maximum atomic E-state index is 12.3. The maximum absolute atomic E-state index is 12.3. The van der Waals surface area contributed by atoms with Gasteiger partial charge in [-0.15, -0.1) is 5.10 Å². The quantitative estimate of drug-likeness (QED) is 0.781. The largest absolute Gasteiger partial charge is 0.371 e. The molecule has 1 atom stereocenters. The van der Waals surface area contributed by atoms with Crippen molar-refractivity contribution in [2.75, 3.05) is 18.0 Å². The first-order valence-electron chi connectivity index (χ1n) is 8.99. The molecule has 0 saturated carbocycles. The number of hydrogen-bond acceptors (Lipinski definition) is 5. The number of carbonyl (C=O) groups is 1. The Morgan fingerprint density at radius 1 is 1.27 bits per heavy atom. The molecule has 2 aromatic heterocycles. The zero-order valence-electron chi connectivity index (χ0n) is 14.8. The molecule has 4 rings (SSSR count). The highest BCUT2D eigenvalue weighted by Crippen LogP contribution is 2.23. The van der Waals surface area contributed by atoms with Crippen molar-refractivity contribution in [2.45, 2.75) is 26.3 Å². The molecule has 0 unspecified atom stereocenters. The van der Waals surface area contributed by atoms with Gasteiger partial charge in [0.25, 0.3) is 5.91 Å². The number of fused-ring (bicyclic) bond motifs is 1. The number of benzene rings is 1. The van der Waals surface area contributed by atoms with Gasteiger partial charge in [0.2, 0.25) is 0 Å². The molecule has 3 heterocycles. The minimum Gasteiger partial charge on any atom is -0.371 e. The topological polar surface area (TPSA) is 75.4 Å². The fourth-order valence-electron chi connectivity index (χ4n) is 3.41. The van der Waals surface area contributed by atoms with Gasteiger partial charge in [-0.25, -0.2) is 4.52 Å². The number of anilines is 1. The monoisotopic (exact) mass is 350 g/mol. The molecule has 1 aliphatic heterocycles. The summed E-state index contributed by atoms with van der Waals surface area (Å²) in [4.78, 5) is 14.8. The van der Waals surface area contributed by atoms with E-state index in [0.717, 1.165) is 24.6 Å². The van der Waals surface area contributed by atoms with Gasteiger partial charge >= 0.3 is 0 Å². The van der Waals surface area contributed by atoms with Gasteiger partial charge in [-0.1, -0.05) is 19.1 Å². The lowest BCUT2D eigenvalue weighted by Crippen LogP contribution is -2.34. The van der Waals surface area contributed by atoms with Gasteiger partial charge < -0.3 is 10.2 Å². The predicted molar refractivity (Wildman–Crippen MR) is 99.0 cm³/mol. The highest BCUT2D eigenvalue weighted by Gasteiger charge is 2.16. The van der Waals surface area contributed by atoms with Gasteiger partial charge in [0, 0.05) is 37.1 Å². The molecule has 1 N–H and O–H groups in total. The van der Waals surface area contributed by atoms with E-state index in [1.54, 1.807) is 18.3 Å². The molecule has 3 aromatic rings. The molecule has 0 bridgehead atoms. The van der Waals surface area contributed by atoms with Gasteiger partial charge in [-0.3, -0.25) is 4.79 Å². The number of amides is 1. The molecule has 0 aliphatic carbocycles. The molecule has 1 fully saturated rings. The SMILES string of the molecule is C[C@H]1CCCN(c2ccc(CNC(=O)c3ccn4nnnc4c3)cc2)C1. The number of aromatic nitrogens is 4. The number of rotatable bonds is 4. The van der Waals surface area contributed by atoms with Crippen molar-refractivity contribution in [1.82, 2.24) is 25.4 Å². The molecule has 134 valence electrons. The lowest BCUT2D eigenvalue weighted by molar-refractivity contribution is 0.0951. The second-order valence-electron chi connectivity index (χ2n) is 6.94. The summed E-state index contributed by atoms with van der Waals surface area (Å²) in [7, 11) is 0. The lowest BCUT2D eigenvalue weighted by atomic mass is 9.99. The highest BCUT2D eigenvalue weighted by atomic mass is 16.1. The number of carbonyl (C=O) groups excluding carboxylic acids is 1. The zero-order valence-corrected chi connectivity index (χ0v) is 14.8. The second kappa shape index (κ2) is 7.11. The molecule has 1 aromatic carbocycles. The van der Waals surface area contributed by atoms with Crippen LogP contribution < -0.4 is 10.2 Å². The predicted octanol–water partition coefficient (Wildman–Crippen LogP) is 2.29. The molecule has 26 heavy (non-hydrogen) atoms. The van der Waals surface area contributed by atoms with Crippen molar-refractivity contribution in [3.05, 3.63) is 53.7 Å². The smallest absolute Gasteiger partial charge is 0.251 e. The number of hydrogen-bond donors (Lipinski definition) is 1. The Bertz CT molecular complexity index is 904. The van der Waals surface area contributed by atoms with E-state index in [1.165, 1.54) is 23.0 Å². The van der Waals surface area contributed by atoms with Crippen molar-refractivity contribution in [3.8, 4) is 0 Å². The van der Waals surface area contributed by atoms with E-state index in [0.29, 0.717) is 17.8 Å². The molecule has 1 aliphatic rings. The Balaban J connectivity index is 1.37. The molecular weight excluding hydrogens is 328 g/mol. The fraction of sp³-hybridized carbons (Fsp3) is 0.368. The first kappa shape index (κ1) is 16.5. The molecule has 0 spiro atoms. The van der Waals surface area contributed by atoms with E-state index < -0.39 is 0 Å². The summed E-state index contributed by atoms with van der Waals surface area (Å²) in [5, 5.41) is 14.2. The van der Waals surface area contributed by atoms with Crippen LogP contribution in [0, 0.1) is 5.92 Å². The molecule has 1 saturated heterocycles. The van der Waals surface area contributed by atoms with Crippen LogP contribution in [0.4, 0.5) is 5.69 Å². The third kappa shape index (κ3) is 3.51. The third-order valence-electron chi connectivity index (χ3n) is 4.87. The van der Waals surface area contributed by atoms with E-state index in [9.17, 15) is 4.79 Å². The van der Waals surface area contributed by atoms with Crippen molar-refractivity contribution in [1.29, 1.82) is 0 Å².